The van der Waals surface area contributed by atoms with E-state index in [2.05, 4.69) is 52.5 Å². The molecule has 0 aromatic heterocycles. The van der Waals surface area contributed by atoms with Crippen molar-refractivity contribution in [2.45, 2.75) is 39.8 Å². The van der Waals surface area contributed by atoms with Gasteiger partial charge in [-0.1, -0.05) is 56.3 Å². The largest absolute Gasteiger partial charge is 0.350 e. The Bertz CT molecular complexity index is 660. The molecule has 6 nitrogen and oxygen atoms in total. The van der Waals surface area contributed by atoms with E-state index in [1.54, 1.807) is 0 Å². The first-order valence-electron chi connectivity index (χ1n) is 10.0. The summed E-state index contributed by atoms with van der Waals surface area (Å²) < 4.78 is 0. The van der Waals surface area contributed by atoms with Crippen LogP contribution in [0.1, 0.15) is 31.9 Å². The van der Waals surface area contributed by atoms with Crippen molar-refractivity contribution in [2.24, 2.45) is 0 Å². The molecule has 0 aliphatic carbocycles. The third kappa shape index (κ3) is 13.2. The van der Waals surface area contributed by atoms with Gasteiger partial charge < -0.3 is 21.3 Å². The molecule has 0 bridgehead atoms. The molecule has 0 fully saturated rings. The van der Waals surface area contributed by atoms with Crippen molar-refractivity contribution < 1.29 is 9.59 Å². The van der Waals surface area contributed by atoms with Crippen LogP contribution in [0.4, 0.5) is 5.69 Å². The van der Waals surface area contributed by atoms with Gasteiger partial charge in [-0.3, -0.25) is 9.59 Å². The van der Waals surface area contributed by atoms with Crippen molar-refractivity contribution in [1.29, 1.82) is 0 Å². The van der Waals surface area contributed by atoms with Gasteiger partial charge in [-0.2, -0.15) is 0 Å². The lowest BCUT2D eigenvalue weighted by Gasteiger charge is -2.08. The van der Waals surface area contributed by atoms with Gasteiger partial charge in [0, 0.05) is 18.3 Å². The van der Waals surface area contributed by atoms with E-state index in [1.165, 1.54) is 5.56 Å². The van der Waals surface area contributed by atoms with Crippen LogP contribution in [-0.4, -0.2) is 39.0 Å². The normalized spacial score (nSPS) is 10.4. The molecule has 2 amide bonds. The predicted octanol–water partition coefficient (Wildman–Crippen LogP) is 2.95. The van der Waals surface area contributed by atoms with Crippen LogP contribution in [-0.2, 0) is 22.6 Å². The van der Waals surface area contributed by atoms with Gasteiger partial charge in [-0.15, -0.1) is 0 Å². The topological polar surface area (TPSA) is 82.3 Å². The van der Waals surface area contributed by atoms with E-state index in [1.807, 2.05) is 58.3 Å². The van der Waals surface area contributed by atoms with Gasteiger partial charge >= 0.3 is 0 Å². The minimum Gasteiger partial charge on any atom is -0.350 e. The maximum absolute atomic E-state index is 11.2. The maximum Gasteiger partial charge on any atom is 0.243 e. The van der Waals surface area contributed by atoms with Gasteiger partial charge in [-0.25, -0.2) is 0 Å². The lowest BCUT2D eigenvalue weighted by Crippen LogP contribution is -2.26. The second kappa shape index (κ2) is 17.4. The highest BCUT2D eigenvalue weighted by molar-refractivity contribution is 5.93. The van der Waals surface area contributed by atoms with Crippen LogP contribution in [0, 0.1) is 0 Å². The quantitative estimate of drug-likeness (QED) is 0.488. The summed E-state index contributed by atoms with van der Waals surface area (Å²) in [4.78, 5) is 21.2. The van der Waals surface area contributed by atoms with Gasteiger partial charge in [0.25, 0.3) is 0 Å². The summed E-state index contributed by atoms with van der Waals surface area (Å²) in [5.41, 5.74) is 3.26. The zero-order valence-electron chi connectivity index (χ0n) is 18.3. The fourth-order valence-corrected chi connectivity index (χ4v) is 2.32. The standard InChI is InChI=1S/C11H15N3O2.C10H15N.C2H6/c1-12-6-9-2-4-10(5-3-9)14-11(16)7-13-8-15;1-9(11-2)8-10-6-4-3-5-7-10;1-2/h2-5,8,12H,6-7H2,1H3,(H,13,15)(H,14,16);3-7,9,11H,8H2,1-2H3;1-2H3. The molecule has 0 aliphatic rings. The van der Waals surface area contributed by atoms with E-state index in [0.29, 0.717) is 12.5 Å². The Balaban J connectivity index is 0.000000526. The SMILES string of the molecule is CC.CNC(C)Cc1ccccc1.CNCc1ccc(NC(=O)CNC=O)cc1. The van der Waals surface area contributed by atoms with Crippen LogP contribution in [0.25, 0.3) is 0 Å². The number of carbonyl (C=O) groups is 2. The number of carbonyl (C=O) groups excluding carboxylic acids is 2. The van der Waals surface area contributed by atoms with E-state index in [0.717, 1.165) is 24.2 Å². The molecule has 29 heavy (non-hydrogen) atoms. The van der Waals surface area contributed by atoms with Gasteiger partial charge in [0.1, 0.15) is 0 Å². The van der Waals surface area contributed by atoms with Gasteiger partial charge in [0.2, 0.25) is 12.3 Å². The highest BCUT2D eigenvalue weighted by Gasteiger charge is 2.00. The molecule has 0 saturated heterocycles. The lowest BCUT2D eigenvalue weighted by molar-refractivity contribution is -0.118. The van der Waals surface area contributed by atoms with Crippen LogP contribution in [0.2, 0.25) is 0 Å². The summed E-state index contributed by atoms with van der Waals surface area (Å²) in [6, 6.07) is 18.6. The van der Waals surface area contributed by atoms with Crippen molar-refractivity contribution in [2.75, 3.05) is 26.0 Å². The lowest BCUT2D eigenvalue weighted by atomic mass is 10.1. The molecule has 0 saturated carbocycles. The Kier molecular flexibility index (Phi) is 15.8. The number of amides is 2. The zero-order valence-corrected chi connectivity index (χ0v) is 18.3. The number of benzene rings is 2. The molecule has 2 aromatic rings. The molecule has 2 aromatic carbocycles. The summed E-state index contributed by atoms with van der Waals surface area (Å²) in [5.74, 6) is -0.242. The third-order valence-corrected chi connectivity index (χ3v) is 3.84. The monoisotopic (exact) mass is 400 g/mol. The molecular formula is C23H36N4O2. The highest BCUT2D eigenvalue weighted by Crippen LogP contribution is 2.09. The second-order valence-electron chi connectivity index (χ2n) is 6.15. The van der Waals surface area contributed by atoms with Crippen molar-refractivity contribution in [3.8, 4) is 0 Å². The van der Waals surface area contributed by atoms with Crippen LogP contribution in [0.3, 0.4) is 0 Å². The number of rotatable bonds is 9. The Morgan fingerprint density at radius 3 is 2.10 bits per heavy atom. The molecule has 4 N–H and O–H groups in total. The second-order valence-corrected chi connectivity index (χ2v) is 6.15. The molecule has 1 unspecified atom stereocenters. The van der Waals surface area contributed by atoms with Crippen LogP contribution < -0.4 is 21.3 Å². The Hall–Kier alpha value is -2.70. The average Bonchev–Trinajstić information content (AvgIpc) is 2.76. The maximum atomic E-state index is 11.2. The first-order valence-corrected chi connectivity index (χ1v) is 10.0. The van der Waals surface area contributed by atoms with E-state index >= 15 is 0 Å². The van der Waals surface area contributed by atoms with Crippen LogP contribution in [0.5, 0.6) is 0 Å². The van der Waals surface area contributed by atoms with Crippen molar-refractivity contribution >= 4 is 18.0 Å². The number of hydrogen-bond donors (Lipinski definition) is 4. The smallest absolute Gasteiger partial charge is 0.243 e. The van der Waals surface area contributed by atoms with Crippen LogP contribution >= 0.6 is 0 Å². The molecule has 0 radical (unpaired) electrons. The zero-order chi connectivity index (χ0) is 21.9. The molecule has 0 spiro atoms. The number of anilines is 1. The van der Waals surface area contributed by atoms with Gasteiger partial charge in [-0.05, 0) is 50.7 Å². The minimum absolute atomic E-state index is 0.0121. The first kappa shape index (κ1) is 26.3. The summed E-state index contributed by atoms with van der Waals surface area (Å²) in [7, 11) is 3.87. The Morgan fingerprint density at radius 1 is 0.966 bits per heavy atom. The van der Waals surface area contributed by atoms with Gasteiger partial charge in [0.05, 0.1) is 6.54 Å². The molecule has 2 rings (SSSR count). The summed E-state index contributed by atoms with van der Waals surface area (Å²) in [5, 5.41) is 11.2. The van der Waals surface area contributed by atoms with Crippen molar-refractivity contribution in [3.05, 3.63) is 65.7 Å². The molecule has 0 aliphatic heterocycles. The first-order chi connectivity index (χ1) is 14.1. The third-order valence-electron chi connectivity index (χ3n) is 3.84. The number of nitrogens with one attached hydrogen (secondary N) is 4. The summed E-state index contributed by atoms with van der Waals surface area (Å²) in [6.45, 7) is 6.97. The van der Waals surface area contributed by atoms with Gasteiger partial charge in [0.15, 0.2) is 0 Å². The Morgan fingerprint density at radius 2 is 1.59 bits per heavy atom. The minimum atomic E-state index is -0.242. The fourth-order valence-electron chi connectivity index (χ4n) is 2.32. The van der Waals surface area contributed by atoms with Crippen molar-refractivity contribution in [3.63, 3.8) is 0 Å². The number of likely N-dealkylation sites (N-methyl/N-ethyl adjacent to an activating group) is 1. The summed E-state index contributed by atoms with van der Waals surface area (Å²) in [6.07, 6.45) is 1.60. The van der Waals surface area contributed by atoms with Crippen LogP contribution in [0.15, 0.2) is 54.6 Å². The van der Waals surface area contributed by atoms with E-state index in [4.69, 9.17) is 0 Å². The molecule has 160 valence electrons. The highest BCUT2D eigenvalue weighted by atomic mass is 16.2. The Labute approximate surface area is 175 Å². The number of hydrogen-bond acceptors (Lipinski definition) is 4. The molecule has 1 atom stereocenters. The van der Waals surface area contributed by atoms with E-state index < -0.39 is 0 Å². The molecule has 6 heteroatoms. The van der Waals surface area contributed by atoms with E-state index in [-0.39, 0.29) is 12.5 Å². The summed E-state index contributed by atoms with van der Waals surface area (Å²) >= 11 is 0. The average molecular weight is 401 g/mol. The van der Waals surface area contributed by atoms with Crippen molar-refractivity contribution in [1.82, 2.24) is 16.0 Å². The predicted molar refractivity (Wildman–Crippen MR) is 122 cm³/mol. The molecular weight excluding hydrogens is 364 g/mol. The fraction of sp³-hybridized carbons (Fsp3) is 0.391. The molecule has 0 heterocycles. The van der Waals surface area contributed by atoms with E-state index in [9.17, 15) is 9.59 Å².